The Balaban J connectivity index is 2.16. The van der Waals surface area contributed by atoms with Gasteiger partial charge in [0.15, 0.2) is 0 Å². The summed E-state index contributed by atoms with van der Waals surface area (Å²) >= 11 is 5.93. The fourth-order valence-corrected chi connectivity index (χ4v) is 1.81. The molecular formula is C13H14ClN3. The van der Waals surface area contributed by atoms with Crippen LogP contribution < -0.4 is 11.1 Å². The second kappa shape index (κ2) is 5.66. The van der Waals surface area contributed by atoms with Crippen molar-refractivity contribution in [3.63, 3.8) is 0 Å². The Bertz CT molecular complexity index is 473. The predicted octanol–water partition coefficient (Wildman–Crippen LogP) is 2.85. The van der Waals surface area contributed by atoms with Crippen molar-refractivity contribution in [2.75, 3.05) is 11.9 Å². The van der Waals surface area contributed by atoms with Crippen LogP contribution in [0.5, 0.6) is 0 Å². The molecule has 2 aromatic rings. The van der Waals surface area contributed by atoms with Crippen LogP contribution in [0.3, 0.4) is 0 Å². The van der Waals surface area contributed by atoms with Crippen LogP contribution >= 0.6 is 11.6 Å². The molecule has 1 atom stereocenters. The fourth-order valence-electron chi connectivity index (χ4n) is 1.62. The van der Waals surface area contributed by atoms with Crippen LogP contribution in [0.4, 0.5) is 5.69 Å². The van der Waals surface area contributed by atoms with E-state index < -0.39 is 0 Å². The molecule has 0 aliphatic heterocycles. The minimum atomic E-state index is -0.00494. The van der Waals surface area contributed by atoms with Gasteiger partial charge in [-0.25, -0.2) is 0 Å². The first-order valence-corrected chi connectivity index (χ1v) is 5.80. The number of aromatic nitrogens is 1. The number of benzene rings is 1. The van der Waals surface area contributed by atoms with E-state index in [1.54, 1.807) is 6.20 Å². The molecule has 88 valence electrons. The van der Waals surface area contributed by atoms with Crippen molar-refractivity contribution in [1.29, 1.82) is 0 Å². The zero-order chi connectivity index (χ0) is 12.1. The molecule has 0 saturated heterocycles. The third-order valence-corrected chi connectivity index (χ3v) is 2.68. The summed E-state index contributed by atoms with van der Waals surface area (Å²) in [6.45, 7) is 0.476. The lowest BCUT2D eigenvalue weighted by Crippen LogP contribution is -2.21. The molecule has 1 aromatic heterocycles. The van der Waals surface area contributed by atoms with Crippen LogP contribution in [0, 0.1) is 0 Å². The van der Waals surface area contributed by atoms with Gasteiger partial charge in [-0.2, -0.15) is 0 Å². The van der Waals surface area contributed by atoms with Crippen molar-refractivity contribution in [3.05, 3.63) is 59.4 Å². The van der Waals surface area contributed by atoms with E-state index in [4.69, 9.17) is 17.3 Å². The smallest absolute Gasteiger partial charge is 0.0807 e. The molecule has 0 aliphatic rings. The quantitative estimate of drug-likeness (QED) is 0.874. The van der Waals surface area contributed by atoms with E-state index in [1.165, 1.54) is 0 Å². The van der Waals surface area contributed by atoms with Gasteiger partial charge in [-0.05, 0) is 30.3 Å². The van der Waals surface area contributed by atoms with E-state index in [0.29, 0.717) is 11.6 Å². The van der Waals surface area contributed by atoms with Crippen molar-refractivity contribution < 1.29 is 0 Å². The maximum absolute atomic E-state index is 5.93. The summed E-state index contributed by atoms with van der Waals surface area (Å²) in [5.41, 5.74) is 7.62. The molecule has 3 N–H and O–H groups in total. The number of hydrogen-bond donors (Lipinski definition) is 2. The van der Waals surface area contributed by atoms with E-state index in [2.05, 4.69) is 10.3 Å². The summed E-state index contributed by atoms with van der Waals surface area (Å²) in [5, 5.41) is 4.01. The Labute approximate surface area is 106 Å². The van der Waals surface area contributed by atoms with Gasteiger partial charge in [-0.15, -0.1) is 0 Å². The molecule has 1 heterocycles. The molecular weight excluding hydrogens is 234 g/mol. The van der Waals surface area contributed by atoms with E-state index in [9.17, 15) is 0 Å². The Morgan fingerprint density at radius 1 is 1.24 bits per heavy atom. The molecule has 1 unspecified atom stereocenters. The number of pyridine rings is 1. The van der Waals surface area contributed by atoms with Gasteiger partial charge in [0.05, 0.1) is 11.7 Å². The average Bonchev–Trinajstić information content (AvgIpc) is 2.37. The highest BCUT2D eigenvalue weighted by molar-refractivity contribution is 6.30. The lowest BCUT2D eigenvalue weighted by Gasteiger charge is -2.17. The molecule has 0 radical (unpaired) electrons. The highest BCUT2D eigenvalue weighted by Gasteiger charge is 2.10. The van der Waals surface area contributed by atoms with Gasteiger partial charge >= 0.3 is 0 Å². The Kier molecular flexibility index (Phi) is 3.96. The molecule has 1 aromatic carbocycles. The van der Waals surface area contributed by atoms with Gasteiger partial charge in [0.2, 0.25) is 0 Å². The summed E-state index contributed by atoms with van der Waals surface area (Å²) in [5.74, 6) is 0. The van der Waals surface area contributed by atoms with Crippen molar-refractivity contribution in [2.45, 2.75) is 6.04 Å². The topological polar surface area (TPSA) is 50.9 Å². The maximum atomic E-state index is 5.93. The largest absolute Gasteiger partial charge is 0.375 e. The zero-order valence-corrected chi connectivity index (χ0v) is 10.1. The lowest BCUT2D eigenvalue weighted by atomic mass is 10.1. The van der Waals surface area contributed by atoms with Gasteiger partial charge in [-0.1, -0.05) is 23.7 Å². The predicted molar refractivity (Wildman–Crippen MR) is 71.1 cm³/mol. The highest BCUT2D eigenvalue weighted by Crippen LogP contribution is 2.20. The molecule has 3 nitrogen and oxygen atoms in total. The van der Waals surface area contributed by atoms with E-state index in [1.807, 2.05) is 42.5 Å². The number of nitrogens with two attached hydrogens (primary N) is 1. The number of rotatable bonds is 4. The number of nitrogens with zero attached hydrogens (tertiary/aromatic N) is 1. The first-order chi connectivity index (χ1) is 8.29. The second-order valence-electron chi connectivity index (χ2n) is 3.70. The van der Waals surface area contributed by atoms with Gasteiger partial charge in [0, 0.05) is 23.5 Å². The van der Waals surface area contributed by atoms with Gasteiger partial charge in [0.25, 0.3) is 0 Å². The molecule has 2 rings (SSSR count). The summed E-state index contributed by atoms with van der Waals surface area (Å²) in [6.07, 6.45) is 1.76. The van der Waals surface area contributed by atoms with Gasteiger partial charge in [-0.3, -0.25) is 4.98 Å². The normalized spacial score (nSPS) is 12.1. The van der Waals surface area contributed by atoms with Crippen molar-refractivity contribution in [3.8, 4) is 0 Å². The number of hydrogen-bond acceptors (Lipinski definition) is 3. The van der Waals surface area contributed by atoms with Crippen LogP contribution in [0.15, 0.2) is 48.7 Å². The van der Waals surface area contributed by atoms with Crippen molar-refractivity contribution >= 4 is 17.3 Å². The molecule has 0 aliphatic carbocycles. The van der Waals surface area contributed by atoms with E-state index in [-0.39, 0.29) is 6.04 Å². The summed E-state index contributed by atoms with van der Waals surface area (Å²) in [7, 11) is 0. The summed E-state index contributed by atoms with van der Waals surface area (Å²) in [4.78, 5) is 4.29. The Morgan fingerprint density at radius 2 is 2.12 bits per heavy atom. The van der Waals surface area contributed by atoms with E-state index >= 15 is 0 Å². The third-order valence-electron chi connectivity index (χ3n) is 2.45. The van der Waals surface area contributed by atoms with Crippen LogP contribution in [0.25, 0.3) is 0 Å². The van der Waals surface area contributed by atoms with Gasteiger partial charge in [0.1, 0.15) is 0 Å². The second-order valence-corrected chi connectivity index (χ2v) is 4.13. The SMILES string of the molecule is NCC(Nc1cccc(Cl)c1)c1ccccn1. The molecule has 0 amide bonds. The lowest BCUT2D eigenvalue weighted by molar-refractivity contribution is 0.760. The number of halogens is 1. The monoisotopic (exact) mass is 247 g/mol. The zero-order valence-electron chi connectivity index (χ0n) is 9.31. The molecule has 0 bridgehead atoms. The number of anilines is 1. The molecule has 17 heavy (non-hydrogen) atoms. The van der Waals surface area contributed by atoms with Crippen molar-refractivity contribution in [2.24, 2.45) is 5.73 Å². The van der Waals surface area contributed by atoms with E-state index in [0.717, 1.165) is 11.4 Å². The summed E-state index contributed by atoms with van der Waals surface area (Å²) in [6, 6.07) is 13.3. The fraction of sp³-hybridized carbons (Fsp3) is 0.154. The molecule has 0 fully saturated rings. The van der Waals surface area contributed by atoms with Crippen LogP contribution in [-0.4, -0.2) is 11.5 Å². The van der Waals surface area contributed by atoms with Crippen molar-refractivity contribution in [1.82, 2.24) is 4.98 Å². The third kappa shape index (κ3) is 3.19. The molecule has 4 heteroatoms. The number of nitrogens with one attached hydrogen (secondary N) is 1. The Morgan fingerprint density at radius 3 is 2.76 bits per heavy atom. The standard InChI is InChI=1S/C13H14ClN3/c14-10-4-3-5-11(8-10)17-13(9-15)12-6-1-2-7-16-12/h1-8,13,17H,9,15H2. The van der Waals surface area contributed by atoms with Crippen LogP contribution in [0.1, 0.15) is 11.7 Å². The van der Waals surface area contributed by atoms with Gasteiger partial charge < -0.3 is 11.1 Å². The maximum Gasteiger partial charge on any atom is 0.0807 e. The molecule has 0 spiro atoms. The highest BCUT2D eigenvalue weighted by atomic mass is 35.5. The van der Waals surface area contributed by atoms with Crippen LogP contribution in [-0.2, 0) is 0 Å². The minimum Gasteiger partial charge on any atom is -0.375 e. The summed E-state index contributed by atoms with van der Waals surface area (Å²) < 4.78 is 0. The minimum absolute atomic E-state index is 0.00494. The first-order valence-electron chi connectivity index (χ1n) is 5.42. The van der Waals surface area contributed by atoms with Crippen LogP contribution in [0.2, 0.25) is 5.02 Å². The average molecular weight is 248 g/mol. The molecule has 0 saturated carbocycles. The first kappa shape index (κ1) is 11.9. The Hall–Kier alpha value is -1.58.